The Labute approximate surface area is 123 Å². The standard InChI is InChI=1S/C15H21N3OS/c1-3-10(2)16-14(19)7-6-12-9-20-15-17-13(8-18(12)15)11-4-5-11/h8-11H,3-7H2,1-2H3,(H,16,19)/t10-/m0/s1. The van der Waals surface area contributed by atoms with E-state index in [4.69, 9.17) is 0 Å². The van der Waals surface area contributed by atoms with Gasteiger partial charge in [-0.05, 0) is 32.6 Å². The molecule has 0 radical (unpaired) electrons. The van der Waals surface area contributed by atoms with Gasteiger partial charge in [-0.1, -0.05) is 6.92 Å². The highest BCUT2D eigenvalue weighted by molar-refractivity contribution is 7.15. The first-order valence-electron chi connectivity index (χ1n) is 7.42. The van der Waals surface area contributed by atoms with E-state index in [1.54, 1.807) is 11.3 Å². The number of thiazole rings is 1. The molecule has 0 bridgehead atoms. The average Bonchev–Trinajstić information content (AvgIpc) is 3.08. The van der Waals surface area contributed by atoms with E-state index in [1.807, 2.05) is 6.92 Å². The molecule has 1 fully saturated rings. The van der Waals surface area contributed by atoms with Crippen LogP contribution in [0, 0.1) is 0 Å². The Bertz CT molecular complexity index is 612. The zero-order valence-corrected chi connectivity index (χ0v) is 12.9. The van der Waals surface area contributed by atoms with E-state index in [0.29, 0.717) is 12.3 Å². The molecule has 1 atom stereocenters. The Balaban J connectivity index is 1.63. The number of aromatic nitrogens is 2. The minimum absolute atomic E-state index is 0.140. The van der Waals surface area contributed by atoms with Gasteiger partial charge in [-0.2, -0.15) is 0 Å². The fraction of sp³-hybridized carbons (Fsp3) is 0.600. The molecule has 0 saturated heterocycles. The Morgan fingerprint density at radius 1 is 1.60 bits per heavy atom. The highest BCUT2D eigenvalue weighted by Gasteiger charge is 2.26. The second kappa shape index (κ2) is 5.56. The third-order valence-corrected chi connectivity index (χ3v) is 4.81. The molecule has 1 amide bonds. The summed E-state index contributed by atoms with van der Waals surface area (Å²) in [5.74, 6) is 0.824. The Kier molecular flexibility index (Phi) is 3.78. The SMILES string of the molecule is CC[C@H](C)NC(=O)CCc1csc2nc(C3CC3)cn12. The quantitative estimate of drug-likeness (QED) is 0.889. The van der Waals surface area contributed by atoms with Gasteiger partial charge in [-0.25, -0.2) is 4.98 Å². The highest BCUT2D eigenvalue weighted by Crippen LogP contribution is 2.40. The maximum Gasteiger partial charge on any atom is 0.220 e. The van der Waals surface area contributed by atoms with Crippen LogP contribution in [-0.2, 0) is 11.2 Å². The largest absolute Gasteiger partial charge is 0.354 e. The fourth-order valence-corrected chi connectivity index (χ4v) is 3.21. The van der Waals surface area contributed by atoms with Crippen molar-refractivity contribution in [3.8, 4) is 0 Å². The van der Waals surface area contributed by atoms with E-state index >= 15 is 0 Å². The Morgan fingerprint density at radius 3 is 3.10 bits per heavy atom. The van der Waals surface area contributed by atoms with Crippen LogP contribution in [0.4, 0.5) is 0 Å². The summed E-state index contributed by atoms with van der Waals surface area (Å²) >= 11 is 1.67. The minimum Gasteiger partial charge on any atom is -0.354 e. The lowest BCUT2D eigenvalue weighted by Crippen LogP contribution is -2.32. The summed E-state index contributed by atoms with van der Waals surface area (Å²) < 4.78 is 2.16. The first kappa shape index (κ1) is 13.6. The van der Waals surface area contributed by atoms with Crippen molar-refractivity contribution < 1.29 is 4.79 Å². The van der Waals surface area contributed by atoms with E-state index < -0.39 is 0 Å². The number of fused-ring (bicyclic) bond motifs is 1. The van der Waals surface area contributed by atoms with Crippen LogP contribution in [0.25, 0.3) is 4.96 Å². The number of nitrogens with zero attached hydrogens (tertiary/aromatic N) is 2. The topological polar surface area (TPSA) is 46.4 Å². The number of rotatable bonds is 6. The Morgan fingerprint density at radius 2 is 2.40 bits per heavy atom. The molecule has 0 aromatic carbocycles. The number of hydrogen-bond donors (Lipinski definition) is 1. The third kappa shape index (κ3) is 2.87. The molecule has 0 spiro atoms. The van der Waals surface area contributed by atoms with E-state index in [-0.39, 0.29) is 11.9 Å². The van der Waals surface area contributed by atoms with Gasteiger partial charge < -0.3 is 5.32 Å². The van der Waals surface area contributed by atoms with Gasteiger partial charge in [0.1, 0.15) is 0 Å². The van der Waals surface area contributed by atoms with Crippen LogP contribution in [0.5, 0.6) is 0 Å². The van der Waals surface area contributed by atoms with Crippen molar-refractivity contribution in [1.82, 2.24) is 14.7 Å². The van der Waals surface area contributed by atoms with Crippen LogP contribution in [0.2, 0.25) is 0 Å². The molecule has 1 aliphatic rings. The molecule has 0 unspecified atom stereocenters. The second-order valence-electron chi connectivity index (χ2n) is 5.70. The molecule has 1 saturated carbocycles. The van der Waals surface area contributed by atoms with Crippen LogP contribution in [-0.4, -0.2) is 21.3 Å². The summed E-state index contributed by atoms with van der Waals surface area (Å²) in [6.07, 6.45) is 7.01. The fourth-order valence-electron chi connectivity index (χ4n) is 2.29. The third-order valence-electron chi connectivity index (χ3n) is 3.93. The van der Waals surface area contributed by atoms with Crippen molar-refractivity contribution >= 4 is 22.2 Å². The first-order chi connectivity index (χ1) is 9.67. The van der Waals surface area contributed by atoms with Gasteiger partial charge in [-0.15, -0.1) is 11.3 Å². The van der Waals surface area contributed by atoms with Crippen molar-refractivity contribution in [3.05, 3.63) is 23.0 Å². The molecule has 0 aliphatic heterocycles. The monoisotopic (exact) mass is 291 g/mol. The number of aryl methyl sites for hydroxylation is 1. The summed E-state index contributed by atoms with van der Waals surface area (Å²) in [5.41, 5.74) is 2.42. The maximum absolute atomic E-state index is 11.8. The average molecular weight is 291 g/mol. The number of nitrogens with one attached hydrogen (secondary N) is 1. The molecule has 108 valence electrons. The van der Waals surface area contributed by atoms with E-state index in [2.05, 4.69) is 33.2 Å². The van der Waals surface area contributed by atoms with E-state index in [9.17, 15) is 4.79 Å². The summed E-state index contributed by atoms with van der Waals surface area (Å²) in [4.78, 5) is 17.6. The zero-order valence-electron chi connectivity index (χ0n) is 12.1. The van der Waals surface area contributed by atoms with Gasteiger partial charge in [-0.3, -0.25) is 9.20 Å². The number of imidazole rings is 1. The highest BCUT2D eigenvalue weighted by atomic mass is 32.1. The van der Waals surface area contributed by atoms with Crippen molar-refractivity contribution in [2.75, 3.05) is 0 Å². The Hall–Kier alpha value is -1.36. The summed E-state index contributed by atoms with van der Waals surface area (Å²) in [6, 6.07) is 0.264. The van der Waals surface area contributed by atoms with E-state index in [0.717, 1.165) is 17.8 Å². The van der Waals surface area contributed by atoms with Crippen LogP contribution < -0.4 is 5.32 Å². The van der Waals surface area contributed by atoms with Gasteiger partial charge in [0.25, 0.3) is 0 Å². The number of amides is 1. The summed E-state index contributed by atoms with van der Waals surface area (Å²) in [5, 5.41) is 5.13. The molecule has 3 rings (SSSR count). The van der Waals surface area contributed by atoms with Gasteiger partial charge in [0.15, 0.2) is 4.96 Å². The first-order valence-corrected chi connectivity index (χ1v) is 8.30. The van der Waals surface area contributed by atoms with Crippen LogP contribution >= 0.6 is 11.3 Å². The molecular formula is C15H21N3OS. The van der Waals surface area contributed by atoms with Crippen molar-refractivity contribution in [2.45, 2.75) is 57.9 Å². The summed E-state index contributed by atoms with van der Waals surface area (Å²) in [7, 11) is 0. The zero-order chi connectivity index (χ0) is 14.1. The number of carbonyl (C=O) groups is 1. The molecule has 2 heterocycles. The molecule has 2 aromatic heterocycles. The maximum atomic E-state index is 11.8. The predicted molar refractivity (Wildman–Crippen MR) is 81.3 cm³/mol. The van der Waals surface area contributed by atoms with Crippen LogP contribution in [0.15, 0.2) is 11.6 Å². The van der Waals surface area contributed by atoms with E-state index in [1.165, 1.54) is 24.2 Å². The van der Waals surface area contributed by atoms with Crippen molar-refractivity contribution in [1.29, 1.82) is 0 Å². The van der Waals surface area contributed by atoms with Crippen LogP contribution in [0.3, 0.4) is 0 Å². The van der Waals surface area contributed by atoms with Crippen LogP contribution in [0.1, 0.15) is 56.8 Å². The molecule has 1 N–H and O–H groups in total. The summed E-state index contributed by atoms with van der Waals surface area (Å²) in [6.45, 7) is 4.12. The van der Waals surface area contributed by atoms with Gasteiger partial charge >= 0.3 is 0 Å². The van der Waals surface area contributed by atoms with Gasteiger partial charge in [0, 0.05) is 35.7 Å². The van der Waals surface area contributed by atoms with Crippen molar-refractivity contribution in [2.24, 2.45) is 0 Å². The molecular weight excluding hydrogens is 270 g/mol. The second-order valence-corrected chi connectivity index (χ2v) is 6.53. The number of hydrogen-bond acceptors (Lipinski definition) is 3. The minimum atomic E-state index is 0.140. The molecule has 1 aliphatic carbocycles. The van der Waals surface area contributed by atoms with Gasteiger partial charge in [0.2, 0.25) is 5.91 Å². The number of carbonyl (C=O) groups excluding carboxylic acids is 1. The normalized spacial score (nSPS) is 16.5. The lowest BCUT2D eigenvalue weighted by Gasteiger charge is -2.10. The smallest absolute Gasteiger partial charge is 0.220 e. The molecule has 5 heteroatoms. The molecule has 2 aromatic rings. The van der Waals surface area contributed by atoms with Crippen molar-refractivity contribution in [3.63, 3.8) is 0 Å². The molecule has 4 nitrogen and oxygen atoms in total. The lowest BCUT2D eigenvalue weighted by atomic mass is 10.2. The van der Waals surface area contributed by atoms with Gasteiger partial charge in [0.05, 0.1) is 5.69 Å². The predicted octanol–water partition coefficient (Wildman–Crippen LogP) is 3.12. The lowest BCUT2D eigenvalue weighted by molar-refractivity contribution is -0.121. The molecule has 20 heavy (non-hydrogen) atoms.